The highest BCUT2D eigenvalue weighted by atomic mass is 32.2. The molecule has 1 aromatic rings. The summed E-state index contributed by atoms with van der Waals surface area (Å²) in [5.74, 6) is -1.42. The third-order valence-corrected chi connectivity index (χ3v) is 4.35. The zero-order valence-corrected chi connectivity index (χ0v) is 11.3. The van der Waals surface area contributed by atoms with Gasteiger partial charge in [0.25, 0.3) is 5.69 Å². The lowest BCUT2D eigenvalue weighted by Gasteiger charge is -2.28. The van der Waals surface area contributed by atoms with Gasteiger partial charge in [0.05, 0.1) is 16.9 Å². The smallest absolute Gasteiger partial charge is 0.269 e. The van der Waals surface area contributed by atoms with E-state index in [1.165, 1.54) is 47.9 Å². The van der Waals surface area contributed by atoms with Crippen molar-refractivity contribution < 1.29 is 19.6 Å². The van der Waals surface area contributed by atoms with Crippen LogP contribution in [0.4, 0.5) is 5.69 Å². The van der Waals surface area contributed by atoms with Crippen LogP contribution >= 0.6 is 11.8 Å². The molecule has 1 aliphatic rings. The molecule has 0 spiro atoms. The molecule has 0 radical (unpaired) electrons. The Bertz CT molecular complexity index is 559. The second-order valence-corrected chi connectivity index (χ2v) is 5.41. The number of aliphatic carboxylic acids is 1. The number of rotatable bonds is 3. The van der Waals surface area contributed by atoms with Crippen LogP contribution in [-0.4, -0.2) is 33.5 Å². The fourth-order valence-corrected chi connectivity index (χ4v) is 3.56. The molecular weight excluding hydrogens is 284 g/mol. The molecule has 1 aromatic carbocycles. The largest absolute Gasteiger partial charge is 0.548 e. The zero-order valence-electron chi connectivity index (χ0n) is 10.5. The molecule has 0 saturated carbocycles. The van der Waals surface area contributed by atoms with Gasteiger partial charge >= 0.3 is 0 Å². The molecule has 8 heteroatoms. The van der Waals surface area contributed by atoms with Crippen LogP contribution in [0.3, 0.4) is 0 Å². The van der Waals surface area contributed by atoms with Crippen LogP contribution in [-0.2, 0) is 9.59 Å². The standard InChI is InChI=1S/C12H12N2O5S/c1-7(15)13-10(12(16)17)6-20-11(13)8-2-4-9(5-3-8)14(18)19/h2-5,10-11H,6H2,1H3,(H,16,17)/p-1/t10-,11+/m0/s1. The number of hydrogen-bond acceptors (Lipinski definition) is 6. The number of thioether (sulfide) groups is 1. The zero-order chi connectivity index (χ0) is 14.9. The van der Waals surface area contributed by atoms with E-state index < -0.39 is 22.3 Å². The lowest BCUT2D eigenvalue weighted by Crippen LogP contribution is -2.48. The van der Waals surface area contributed by atoms with Gasteiger partial charge in [0, 0.05) is 24.8 Å². The monoisotopic (exact) mass is 295 g/mol. The average molecular weight is 295 g/mol. The first-order valence-electron chi connectivity index (χ1n) is 5.77. The van der Waals surface area contributed by atoms with Crippen LogP contribution in [0.5, 0.6) is 0 Å². The van der Waals surface area contributed by atoms with Crippen LogP contribution in [0.2, 0.25) is 0 Å². The highest BCUT2D eigenvalue weighted by Crippen LogP contribution is 2.41. The van der Waals surface area contributed by atoms with E-state index in [-0.39, 0.29) is 17.3 Å². The van der Waals surface area contributed by atoms with Gasteiger partial charge in [0.1, 0.15) is 5.37 Å². The average Bonchev–Trinajstić information content (AvgIpc) is 2.83. The number of nitrogens with zero attached hydrogens (tertiary/aromatic N) is 2. The Kier molecular flexibility index (Phi) is 3.93. The molecule has 0 aliphatic carbocycles. The Morgan fingerprint density at radius 1 is 1.35 bits per heavy atom. The third kappa shape index (κ3) is 2.60. The summed E-state index contributed by atoms with van der Waals surface area (Å²) < 4.78 is 0. The Morgan fingerprint density at radius 2 is 1.95 bits per heavy atom. The minimum atomic E-state index is -1.29. The summed E-state index contributed by atoms with van der Waals surface area (Å²) in [7, 11) is 0. The number of carboxylic acid groups (broad SMARTS) is 1. The number of non-ortho nitro benzene ring substituents is 1. The van der Waals surface area contributed by atoms with Crippen LogP contribution in [0.1, 0.15) is 17.9 Å². The SMILES string of the molecule is CC(=O)N1[C@@H](c2ccc([N+](=O)[O-])cc2)SC[C@H]1C(=O)[O-]. The maximum Gasteiger partial charge on any atom is 0.269 e. The molecule has 1 amide bonds. The maximum absolute atomic E-state index is 11.6. The second kappa shape index (κ2) is 5.49. The Morgan fingerprint density at radius 3 is 2.40 bits per heavy atom. The quantitative estimate of drug-likeness (QED) is 0.587. The molecule has 2 rings (SSSR count). The third-order valence-electron chi connectivity index (χ3n) is 3.03. The predicted molar refractivity (Wildman–Crippen MR) is 69.6 cm³/mol. The summed E-state index contributed by atoms with van der Waals surface area (Å²) in [6.45, 7) is 1.29. The van der Waals surface area contributed by atoms with E-state index in [1.807, 2.05) is 0 Å². The van der Waals surface area contributed by atoms with Crippen molar-refractivity contribution in [1.82, 2.24) is 4.90 Å². The molecule has 1 heterocycles. The molecule has 0 N–H and O–H groups in total. The van der Waals surface area contributed by atoms with Crippen LogP contribution in [0.25, 0.3) is 0 Å². The predicted octanol–water partition coefficient (Wildman–Crippen LogP) is 0.307. The Hall–Kier alpha value is -2.09. The molecule has 1 fully saturated rings. The fraction of sp³-hybridized carbons (Fsp3) is 0.333. The van der Waals surface area contributed by atoms with Gasteiger partial charge in [-0.3, -0.25) is 14.9 Å². The number of carbonyl (C=O) groups is 2. The van der Waals surface area contributed by atoms with E-state index in [4.69, 9.17) is 0 Å². The fourth-order valence-electron chi connectivity index (χ4n) is 2.09. The van der Waals surface area contributed by atoms with Crippen molar-refractivity contribution in [3.63, 3.8) is 0 Å². The minimum Gasteiger partial charge on any atom is -0.548 e. The number of hydrogen-bond donors (Lipinski definition) is 0. The maximum atomic E-state index is 11.6. The van der Waals surface area contributed by atoms with E-state index in [0.717, 1.165) is 0 Å². The number of amides is 1. The van der Waals surface area contributed by atoms with Crippen molar-refractivity contribution >= 4 is 29.3 Å². The molecule has 2 atom stereocenters. The first kappa shape index (κ1) is 14.3. The summed E-state index contributed by atoms with van der Waals surface area (Å²) in [6, 6.07) is 4.76. The van der Waals surface area contributed by atoms with Gasteiger partial charge in [-0.15, -0.1) is 11.8 Å². The van der Waals surface area contributed by atoms with Gasteiger partial charge in [0.15, 0.2) is 0 Å². The van der Waals surface area contributed by atoms with Gasteiger partial charge in [-0.25, -0.2) is 0 Å². The van der Waals surface area contributed by atoms with Crippen molar-refractivity contribution in [3.8, 4) is 0 Å². The molecule has 1 aliphatic heterocycles. The van der Waals surface area contributed by atoms with Gasteiger partial charge in [0.2, 0.25) is 5.91 Å². The van der Waals surface area contributed by atoms with E-state index in [2.05, 4.69) is 0 Å². The summed E-state index contributed by atoms with van der Waals surface area (Å²) in [5.41, 5.74) is 0.599. The topological polar surface area (TPSA) is 104 Å². The number of benzene rings is 1. The summed E-state index contributed by atoms with van der Waals surface area (Å²) in [4.78, 5) is 34.0. The van der Waals surface area contributed by atoms with E-state index >= 15 is 0 Å². The molecule has 106 valence electrons. The van der Waals surface area contributed by atoms with E-state index in [9.17, 15) is 24.8 Å². The lowest BCUT2D eigenvalue weighted by molar-refractivity contribution is -0.384. The van der Waals surface area contributed by atoms with Gasteiger partial charge < -0.3 is 14.8 Å². The number of nitro groups is 1. The summed E-state index contributed by atoms with van der Waals surface area (Å²) >= 11 is 1.30. The minimum absolute atomic E-state index is 0.0532. The summed E-state index contributed by atoms with van der Waals surface area (Å²) in [5, 5.41) is 21.2. The Balaban J connectivity index is 2.29. The first-order valence-corrected chi connectivity index (χ1v) is 6.82. The summed E-state index contributed by atoms with van der Waals surface area (Å²) in [6.07, 6.45) is 0. The Labute approximate surface area is 118 Å². The lowest BCUT2D eigenvalue weighted by atomic mass is 10.1. The van der Waals surface area contributed by atoms with Crippen LogP contribution < -0.4 is 5.11 Å². The molecule has 0 aromatic heterocycles. The van der Waals surface area contributed by atoms with Crippen molar-refractivity contribution in [2.45, 2.75) is 18.3 Å². The number of carboxylic acids is 1. The van der Waals surface area contributed by atoms with Crippen molar-refractivity contribution in [2.24, 2.45) is 0 Å². The van der Waals surface area contributed by atoms with Crippen LogP contribution in [0, 0.1) is 10.1 Å². The van der Waals surface area contributed by atoms with Crippen molar-refractivity contribution in [1.29, 1.82) is 0 Å². The molecule has 1 saturated heterocycles. The number of carbonyl (C=O) groups excluding carboxylic acids is 2. The second-order valence-electron chi connectivity index (χ2n) is 4.30. The molecule has 7 nitrogen and oxygen atoms in total. The van der Waals surface area contributed by atoms with Crippen LogP contribution in [0.15, 0.2) is 24.3 Å². The molecule has 20 heavy (non-hydrogen) atoms. The highest BCUT2D eigenvalue weighted by Gasteiger charge is 2.37. The van der Waals surface area contributed by atoms with Crippen molar-refractivity contribution in [2.75, 3.05) is 5.75 Å². The van der Waals surface area contributed by atoms with E-state index in [0.29, 0.717) is 5.56 Å². The van der Waals surface area contributed by atoms with E-state index in [1.54, 1.807) is 0 Å². The molecular formula is C12H11N2O5S-. The van der Waals surface area contributed by atoms with Gasteiger partial charge in [-0.05, 0) is 17.7 Å². The highest BCUT2D eigenvalue weighted by molar-refractivity contribution is 7.99. The normalized spacial score (nSPS) is 21.8. The van der Waals surface area contributed by atoms with Crippen molar-refractivity contribution in [3.05, 3.63) is 39.9 Å². The first-order chi connectivity index (χ1) is 9.41. The van der Waals surface area contributed by atoms with Gasteiger partial charge in [-0.1, -0.05) is 0 Å². The molecule has 0 bridgehead atoms. The van der Waals surface area contributed by atoms with Gasteiger partial charge in [-0.2, -0.15) is 0 Å². The number of nitro benzene ring substituents is 1. The molecule has 0 unspecified atom stereocenters.